The van der Waals surface area contributed by atoms with E-state index in [9.17, 15) is 0 Å². The highest BCUT2D eigenvalue weighted by Crippen LogP contribution is 2.08. The van der Waals surface area contributed by atoms with Gasteiger partial charge in [0.1, 0.15) is 5.82 Å². The van der Waals surface area contributed by atoms with Crippen LogP contribution < -0.4 is 5.32 Å². The number of aryl methyl sites for hydroxylation is 1. The molecular formula is C9H11N5. The van der Waals surface area contributed by atoms with Crippen LogP contribution in [-0.4, -0.2) is 26.8 Å². The Morgan fingerprint density at radius 1 is 1.43 bits per heavy atom. The molecule has 2 aromatic rings. The normalized spacial score (nSPS) is 10.1. The first-order chi connectivity index (χ1) is 6.79. The molecule has 72 valence electrons. The molecule has 0 aromatic carbocycles. The fourth-order valence-electron chi connectivity index (χ4n) is 1.15. The van der Waals surface area contributed by atoms with Crippen LogP contribution in [0.5, 0.6) is 0 Å². The van der Waals surface area contributed by atoms with E-state index in [0.717, 1.165) is 17.3 Å². The van der Waals surface area contributed by atoms with Crippen LogP contribution in [0.2, 0.25) is 0 Å². The summed E-state index contributed by atoms with van der Waals surface area (Å²) in [4.78, 5) is 8.28. The summed E-state index contributed by atoms with van der Waals surface area (Å²) in [6.45, 7) is 1.85. The van der Waals surface area contributed by atoms with Crippen molar-refractivity contribution >= 4 is 5.69 Å². The van der Waals surface area contributed by atoms with E-state index in [1.54, 1.807) is 17.1 Å². The van der Waals surface area contributed by atoms with Gasteiger partial charge < -0.3 is 5.32 Å². The van der Waals surface area contributed by atoms with Crippen LogP contribution in [0.3, 0.4) is 0 Å². The van der Waals surface area contributed by atoms with E-state index in [1.807, 2.05) is 26.2 Å². The Hall–Kier alpha value is -1.91. The van der Waals surface area contributed by atoms with E-state index in [4.69, 9.17) is 0 Å². The molecule has 0 saturated carbocycles. The molecule has 2 rings (SSSR count). The number of aromatic nitrogens is 4. The summed E-state index contributed by atoms with van der Waals surface area (Å²) in [6, 6.07) is 1.82. The van der Waals surface area contributed by atoms with Gasteiger partial charge >= 0.3 is 0 Å². The van der Waals surface area contributed by atoms with Crippen molar-refractivity contribution in [3.63, 3.8) is 0 Å². The smallest absolute Gasteiger partial charge is 0.157 e. The number of nitrogens with one attached hydrogen (secondary N) is 1. The van der Waals surface area contributed by atoms with E-state index in [2.05, 4.69) is 20.4 Å². The minimum absolute atomic E-state index is 0.740. The van der Waals surface area contributed by atoms with Crippen molar-refractivity contribution in [1.82, 2.24) is 19.7 Å². The monoisotopic (exact) mass is 189 g/mol. The Kier molecular flexibility index (Phi) is 2.14. The van der Waals surface area contributed by atoms with Gasteiger partial charge in [-0.25, -0.2) is 14.6 Å². The third-order valence-corrected chi connectivity index (χ3v) is 1.87. The lowest BCUT2D eigenvalue weighted by Crippen LogP contribution is -1.99. The van der Waals surface area contributed by atoms with Crippen LogP contribution in [0, 0.1) is 6.92 Å². The van der Waals surface area contributed by atoms with E-state index in [1.165, 1.54) is 0 Å². The largest absolute Gasteiger partial charge is 0.386 e. The van der Waals surface area contributed by atoms with Gasteiger partial charge in [-0.05, 0) is 6.92 Å². The summed E-state index contributed by atoms with van der Waals surface area (Å²) in [5, 5.41) is 7.17. The number of anilines is 1. The van der Waals surface area contributed by atoms with Gasteiger partial charge in [0.2, 0.25) is 0 Å². The molecule has 5 nitrogen and oxygen atoms in total. The van der Waals surface area contributed by atoms with Gasteiger partial charge in [0.15, 0.2) is 5.82 Å². The van der Waals surface area contributed by atoms with Crippen molar-refractivity contribution < 1.29 is 0 Å². The summed E-state index contributed by atoms with van der Waals surface area (Å²) in [5.41, 5.74) is 0.960. The lowest BCUT2D eigenvalue weighted by Gasteiger charge is -1.99. The van der Waals surface area contributed by atoms with Crippen molar-refractivity contribution in [1.29, 1.82) is 0 Å². The molecule has 1 N–H and O–H groups in total. The van der Waals surface area contributed by atoms with Crippen LogP contribution in [0.25, 0.3) is 5.82 Å². The molecule has 0 aliphatic carbocycles. The highest BCUT2D eigenvalue weighted by atomic mass is 15.3. The zero-order chi connectivity index (χ0) is 9.97. The Morgan fingerprint density at radius 3 is 2.93 bits per heavy atom. The molecule has 0 spiro atoms. The second-order valence-corrected chi connectivity index (χ2v) is 2.89. The highest BCUT2D eigenvalue weighted by Gasteiger charge is 2.00. The molecule has 0 radical (unpaired) electrons. The molecule has 2 heterocycles. The Labute approximate surface area is 81.8 Å². The van der Waals surface area contributed by atoms with Gasteiger partial charge in [0.25, 0.3) is 0 Å². The van der Waals surface area contributed by atoms with Crippen LogP contribution in [0.15, 0.2) is 24.7 Å². The standard InChI is InChI=1S/C9H11N5/c1-7-11-4-3-9(13-7)14-6-8(10-2)5-12-14/h3-6,10H,1-2H3. The van der Waals surface area contributed by atoms with Gasteiger partial charge in [0, 0.05) is 19.3 Å². The van der Waals surface area contributed by atoms with Crippen molar-refractivity contribution in [3.05, 3.63) is 30.5 Å². The summed E-state index contributed by atoms with van der Waals surface area (Å²) in [7, 11) is 1.85. The van der Waals surface area contributed by atoms with Gasteiger partial charge in [0.05, 0.1) is 18.1 Å². The first-order valence-corrected chi connectivity index (χ1v) is 4.32. The van der Waals surface area contributed by atoms with Gasteiger partial charge in [-0.2, -0.15) is 5.10 Å². The van der Waals surface area contributed by atoms with Gasteiger partial charge in [-0.3, -0.25) is 0 Å². The number of rotatable bonds is 2. The fourth-order valence-corrected chi connectivity index (χ4v) is 1.15. The minimum atomic E-state index is 0.740. The Balaban J connectivity index is 2.39. The fraction of sp³-hybridized carbons (Fsp3) is 0.222. The lowest BCUT2D eigenvalue weighted by atomic mass is 10.5. The van der Waals surface area contributed by atoms with E-state index >= 15 is 0 Å². The SMILES string of the molecule is CNc1cnn(-c2ccnc(C)n2)c1. The van der Waals surface area contributed by atoms with E-state index in [0.29, 0.717) is 0 Å². The summed E-state index contributed by atoms with van der Waals surface area (Å²) >= 11 is 0. The maximum absolute atomic E-state index is 4.25. The van der Waals surface area contributed by atoms with Crippen LogP contribution in [-0.2, 0) is 0 Å². The topological polar surface area (TPSA) is 55.6 Å². The quantitative estimate of drug-likeness (QED) is 0.766. The number of hydrogen-bond donors (Lipinski definition) is 1. The summed E-state index contributed by atoms with van der Waals surface area (Å²) < 4.78 is 1.71. The lowest BCUT2D eigenvalue weighted by molar-refractivity contribution is 0.828. The third kappa shape index (κ3) is 1.56. The second-order valence-electron chi connectivity index (χ2n) is 2.89. The van der Waals surface area contributed by atoms with Crippen molar-refractivity contribution in [2.75, 3.05) is 12.4 Å². The average Bonchev–Trinajstić information content (AvgIpc) is 2.66. The number of nitrogens with zero attached hydrogens (tertiary/aromatic N) is 4. The van der Waals surface area contributed by atoms with E-state index in [-0.39, 0.29) is 0 Å². The third-order valence-electron chi connectivity index (χ3n) is 1.87. The summed E-state index contributed by atoms with van der Waals surface area (Å²) in [5.74, 6) is 1.52. The predicted molar refractivity (Wildman–Crippen MR) is 53.4 cm³/mol. The maximum atomic E-state index is 4.25. The molecular weight excluding hydrogens is 178 g/mol. The Morgan fingerprint density at radius 2 is 2.29 bits per heavy atom. The minimum Gasteiger partial charge on any atom is -0.386 e. The molecule has 0 aliphatic heterocycles. The molecule has 14 heavy (non-hydrogen) atoms. The average molecular weight is 189 g/mol. The molecule has 0 unspecified atom stereocenters. The molecule has 0 atom stereocenters. The predicted octanol–water partition coefficient (Wildman–Crippen LogP) is 1.01. The number of hydrogen-bond acceptors (Lipinski definition) is 4. The molecule has 0 aliphatic rings. The molecule has 2 aromatic heterocycles. The molecule has 5 heteroatoms. The molecule has 0 bridgehead atoms. The zero-order valence-corrected chi connectivity index (χ0v) is 8.10. The van der Waals surface area contributed by atoms with Crippen LogP contribution in [0.1, 0.15) is 5.82 Å². The summed E-state index contributed by atoms with van der Waals surface area (Å²) in [6.07, 6.45) is 5.34. The van der Waals surface area contributed by atoms with Crippen molar-refractivity contribution in [3.8, 4) is 5.82 Å². The van der Waals surface area contributed by atoms with Gasteiger partial charge in [-0.15, -0.1) is 0 Å². The molecule has 0 amide bonds. The van der Waals surface area contributed by atoms with Crippen LogP contribution in [0.4, 0.5) is 5.69 Å². The zero-order valence-electron chi connectivity index (χ0n) is 8.10. The second kappa shape index (κ2) is 3.45. The maximum Gasteiger partial charge on any atom is 0.157 e. The Bertz CT molecular complexity index is 434. The molecule has 0 fully saturated rings. The highest BCUT2D eigenvalue weighted by molar-refractivity contribution is 5.39. The van der Waals surface area contributed by atoms with Crippen LogP contribution >= 0.6 is 0 Å². The van der Waals surface area contributed by atoms with Gasteiger partial charge in [-0.1, -0.05) is 0 Å². The van der Waals surface area contributed by atoms with Crippen molar-refractivity contribution in [2.24, 2.45) is 0 Å². The van der Waals surface area contributed by atoms with E-state index < -0.39 is 0 Å². The van der Waals surface area contributed by atoms with Crippen molar-refractivity contribution in [2.45, 2.75) is 6.92 Å². The molecule has 0 saturated heterocycles. The first-order valence-electron chi connectivity index (χ1n) is 4.32. The first kappa shape index (κ1) is 8.68.